The SMILES string of the molecule is Cc1nc(S(=O)(=O)NC2COCC2C(=O)O)cn1C. The Kier molecular flexibility index (Phi) is 3.61. The van der Waals surface area contributed by atoms with E-state index in [2.05, 4.69) is 9.71 Å². The molecule has 1 aromatic heterocycles. The monoisotopic (exact) mass is 289 g/mol. The van der Waals surface area contributed by atoms with Crippen molar-refractivity contribution in [2.45, 2.75) is 18.0 Å². The van der Waals surface area contributed by atoms with Gasteiger partial charge in [0.25, 0.3) is 10.0 Å². The molecule has 0 saturated carbocycles. The first-order chi connectivity index (χ1) is 8.81. The lowest BCUT2D eigenvalue weighted by Crippen LogP contribution is -2.42. The molecule has 0 bridgehead atoms. The summed E-state index contributed by atoms with van der Waals surface area (Å²) in [6.45, 7) is 1.73. The van der Waals surface area contributed by atoms with E-state index in [0.717, 1.165) is 0 Å². The third kappa shape index (κ3) is 2.77. The number of hydrogen-bond donors (Lipinski definition) is 2. The van der Waals surface area contributed by atoms with E-state index in [9.17, 15) is 13.2 Å². The second-order valence-corrected chi connectivity index (χ2v) is 6.11. The predicted octanol–water partition coefficient (Wildman–Crippen LogP) is -0.894. The van der Waals surface area contributed by atoms with E-state index in [1.165, 1.54) is 6.20 Å². The van der Waals surface area contributed by atoms with Crippen molar-refractivity contribution in [2.24, 2.45) is 13.0 Å². The molecule has 0 aliphatic carbocycles. The van der Waals surface area contributed by atoms with E-state index in [0.29, 0.717) is 5.82 Å². The summed E-state index contributed by atoms with van der Waals surface area (Å²) in [6, 6.07) is -0.773. The highest BCUT2D eigenvalue weighted by atomic mass is 32.2. The Bertz CT molecular complexity index is 575. The van der Waals surface area contributed by atoms with Crippen LogP contribution in [-0.4, -0.2) is 48.3 Å². The highest BCUT2D eigenvalue weighted by Crippen LogP contribution is 2.17. The molecule has 2 unspecified atom stereocenters. The zero-order valence-electron chi connectivity index (χ0n) is 10.5. The molecule has 19 heavy (non-hydrogen) atoms. The van der Waals surface area contributed by atoms with Gasteiger partial charge in [-0.2, -0.15) is 0 Å². The molecule has 1 aliphatic rings. The smallest absolute Gasteiger partial charge is 0.310 e. The van der Waals surface area contributed by atoms with Crippen molar-refractivity contribution >= 4 is 16.0 Å². The first-order valence-corrected chi connectivity index (χ1v) is 7.12. The topological polar surface area (TPSA) is 111 Å². The Morgan fingerprint density at radius 2 is 2.26 bits per heavy atom. The van der Waals surface area contributed by atoms with Gasteiger partial charge in [-0.15, -0.1) is 0 Å². The number of nitrogens with one attached hydrogen (secondary N) is 1. The third-order valence-electron chi connectivity index (χ3n) is 3.07. The number of sulfonamides is 1. The standard InChI is InChI=1S/C10H15N3O5S/c1-6-11-9(3-13(6)2)19(16,17)12-8-5-18-4-7(8)10(14)15/h3,7-8,12H,4-5H2,1-2H3,(H,14,15). The number of rotatable bonds is 4. The van der Waals surface area contributed by atoms with Crippen LogP contribution in [0.25, 0.3) is 0 Å². The van der Waals surface area contributed by atoms with Gasteiger partial charge >= 0.3 is 5.97 Å². The fraction of sp³-hybridized carbons (Fsp3) is 0.600. The van der Waals surface area contributed by atoms with Gasteiger partial charge in [-0.25, -0.2) is 18.1 Å². The summed E-state index contributed by atoms with van der Waals surface area (Å²) in [5.74, 6) is -1.40. The Labute approximate surface area is 110 Å². The van der Waals surface area contributed by atoms with Gasteiger partial charge in [0.05, 0.1) is 25.2 Å². The van der Waals surface area contributed by atoms with E-state index in [-0.39, 0.29) is 18.2 Å². The predicted molar refractivity (Wildman–Crippen MR) is 64.0 cm³/mol. The van der Waals surface area contributed by atoms with E-state index in [1.807, 2.05) is 0 Å². The summed E-state index contributed by atoms with van der Waals surface area (Å²) in [5.41, 5.74) is 0. The lowest BCUT2D eigenvalue weighted by molar-refractivity contribution is -0.142. The Morgan fingerprint density at radius 3 is 2.79 bits per heavy atom. The molecule has 8 nitrogen and oxygen atoms in total. The number of carboxylic acid groups (broad SMARTS) is 1. The second kappa shape index (κ2) is 4.91. The van der Waals surface area contributed by atoms with Crippen LogP contribution in [0.3, 0.4) is 0 Å². The molecule has 0 amide bonds. The van der Waals surface area contributed by atoms with Crippen LogP contribution in [0.15, 0.2) is 11.2 Å². The summed E-state index contributed by atoms with van der Waals surface area (Å²) in [5, 5.41) is 8.84. The molecular weight excluding hydrogens is 274 g/mol. The van der Waals surface area contributed by atoms with Crippen molar-refractivity contribution < 1.29 is 23.1 Å². The minimum Gasteiger partial charge on any atom is -0.481 e. The van der Waals surface area contributed by atoms with Crippen molar-refractivity contribution in [1.82, 2.24) is 14.3 Å². The Hall–Kier alpha value is -1.45. The second-order valence-electron chi connectivity index (χ2n) is 4.45. The number of hydrogen-bond acceptors (Lipinski definition) is 5. The quantitative estimate of drug-likeness (QED) is 0.743. The van der Waals surface area contributed by atoms with Gasteiger partial charge in [-0.05, 0) is 6.92 Å². The number of ether oxygens (including phenoxy) is 1. The van der Waals surface area contributed by atoms with Gasteiger partial charge in [-0.1, -0.05) is 0 Å². The zero-order valence-corrected chi connectivity index (χ0v) is 11.3. The molecule has 0 aromatic carbocycles. The van der Waals surface area contributed by atoms with Crippen LogP contribution in [0, 0.1) is 12.8 Å². The Balaban J connectivity index is 2.20. The number of aryl methyl sites for hydroxylation is 2. The fourth-order valence-corrected chi connectivity index (χ4v) is 3.13. The van der Waals surface area contributed by atoms with Gasteiger partial charge < -0.3 is 14.4 Å². The van der Waals surface area contributed by atoms with Gasteiger partial charge in [-0.3, -0.25) is 4.79 Å². The summed E-state index contributed by atoms with van der Waals surface area (Å²) < 4.78 is 33.1. The van der Waals surface area contributed by atoms with Crippen molar-refractivity contribution in [3.63, 3.8) is 0 Å². The average molecular weight is 289 g/mol. The van der Waals surface area contributed by atoms with Crippen LogP contribution >= 0.6 is 0 Å². The molecule has 9 heteroatoms. The van der Waals surface area contributed by atoms with Crippen LogP contribution < -0.4 is 4.72 Å². The van der Waals surface area contributed by atoms with E-state index < -0.39 is 28.0 Å². The lowest BCUT2D eigenvalue weighted by Gasteiger charge is -2.14. The summed E-state index contributed by atoms with van der Waals surface area (Å²) in [4.78, 5) is 14.9. The number of carboxylic acids is 1. The molecule has 2 heterocycles. The van der Waals surface area contributed by atoms with Gasteiger partial charge in [0.1, 0.15) is 5.82 Å². The molecule has 2 rings (SSSR count). The third-order valence-corrected chi connectivity index (χ3v) is 4.43. The molecule has 106 valence electrons. The number of aromatic nitrogens is 2. The lowest BCUT2D eigenvalue weighted by atomic mass is 10.1. The molecule has 1 fully saturated rings. The van der Waals surface area contributed by atoms with Gasteiger partial charge in [0, 0.05) is 13.2 Å². The summed E-state index contributed by atoms with van der Waals surface area (Å²) in [7, 11) is -2.16. The molecule has 1 saturated heterocycles. The number of aliphatic carboxylic acids is 1. The minimum atomic E-state index is -3.84. The first kappa shape index (κ1) is 14.0. The minimum absolute atomic E-state index is 0.00374. The molecule has 1 aliphatic heterocycles. The molecular formula is C10H15N3O5S. The van der Waals surface area contributed by atoms with Crippen LogP contribution in [-0.2, 0) is 26.6 Å². The van der Waals surface area contributed by atoms with Crippen LogP contribution in [0.1, 0.15) is 5.82 Å². The average Bonchev–Trinajstić information content (AvgIpc) is 2.87. The van der Waals surface area contributed by atoms with E-state index in [4.69, 9.17) is 9.84 Å². The Morgan fingerprint density at radius 1 is 1.58 bits per heavy atom. The van der Waals surface area contributed by atoms with Crippen LogP contribution in [0.4, 0.5) is 0 Å². The normalized spacial score (nSPS) is 23.7. The maximum Gasteiger partial charge on any atom is 0.310 e. The van der Waals surface area contributed by atoms with Crippen molar-refractivity contribution in [1.29, 1.82) is 0 Å². The van der Waals surface area contributed by atoms with Crippen molar-refractivity contribution in [3.05, 3.63) is 12.0 Å². The maximum absolute atomic E-state index is 12.1. The van der Waals surface area contributed by atoms with Gasteiger partial charge in [0.15, 0.2) is 5.03 Å². The van der Waals surface area contributed by atoms with Crippen LogP contribution in [0.5, 0.6) is 0 Å². The molecule has 0 spiro atoms. The number of nitrogens with zero attached hydrogens (tertiary/aromatic N) is 2. The van der Waals surface area contributed by atoms with Crippen molar-refractivity contribution in [2.75, 3.05) is 13.2 Å². The first-order valence-electron chi connectivity index (χ1n) is 5.64. The van der Waals surface area contributed by atoms with E-state index >= 15 is 0 Å². The summed E-state index contributed by atoms with van der Waals surface area (Å²) >= 11 is 0. The number of imidazole rings is 1. The number of carbonyl (C=O) groups is 1. The maximum atomic E-state index is 12.1. The summed E-state index contributed by atoms with van der Waals surface area (Å²) in [6.07, 6.45) is 1.38. The highest BCUT2D eigenvalue weighted by molar-refractivity contribution is 7.89. The molecule has 0 radical (unpaired) electrons. The van der Waals surface area contributed by atoms with Crippen LogP contribution in [0.2, 0.25) is 0 Å². The van der Waals surface area contributed by atoms with Gasteiger partial charge in [0.2, 0.25) is 0 Å². The molecule has 2 N–H and O–H groups in total. The largest absolute Gasteiger partial charge is 0.481 e. The molecule has 1 aromatic rings. The van der Waals surface area contributed by atoms with Crippen molar-refractivity contribution in [3.8, 4) is 0 Å². The van der Waals surface area contributed by atoms with E-state index in [1.54, 1.807) is 18.5 Å². The zero-order chi connectivity index (χ0) is 14.2. The fourth-order valence-electron chi connectivity index (χ4n) is 1.83. The molecule has 2 atom stereocenters. The highest BCUT2D eigenvalue weighted by Gasteiger charge is 2.37.